The van der Waals surface area contributed by atoms with E-state index >= 15 is 0 Å². The van der Waals surface area contributed by atoms with Gasteiger partial charge in [0.25, 0.3) is 0 Å². The van der Waals surface area contributed by atoms with E-state index in [-0.39, 0.29) is 24.0 Å². The highest BCUT2D eigenvalue weighted by atomic mass is 127. The van der Waals surface area contributed by atoms with E-state index in [4.69, 9.17) is 9.47 Å². The summed E-state index contributed by atoms with van der Waals surface area (Å²) in [5.41, 5.74) is 2.00. The van der Waals surface area contributed by atoms with Crippen molar-refractivity contribution in [3.63, 3.8) is 0 Å². The van der Waals surface area contributed by atoms with Crippen molar-refractivity contribution in [3.8, 4) is 5.75 Å². The molecule has 0 atom stereocenters. The van der Waals surface area contributed by atoms with Crippen LogP contribution in [0.2, 0.25) is 0 Å². The summed E-state index contributed by atoms with van der Waals surface area (Å²) in [4.78, 5) is 36.2. The summed E-state index contributed by atoms with van der Waals surface area (Å²) in [5.74, 6) is -0.410. The monoisotopic (exact) mass is 734 g/mol. The molecule has 0 aliphatic carbocycles. The van der Waals surface area contributed by atoms with E-state index in [0.717, 1.165) is 5.56 Å². The van der Waals surface area contributed by atoms with E-state index < -0.39 is 5.97 Å². The number of hydrogen-bond acceptors (Lipinski definition) is 5. The van der Waals surface area contributed by atoms with E-state index in [2.05, 4.69) is 10.6 Å². The summed E-state index contributed by atoms with van der Waals surface area (Å²) in [6, 6.07) is 7.18. The van der Waals surface area contributed by atoms with Gasteiger partial charge in [-0.3, -0.25) is 9.59 Å². The molecule has 2 N–H and O–H groups in total. The predicted molar refractivity (Wildman–Crippen MR) is 135 cm³/mol. The van der Waals surface area contributed by atoms with Crippen LogP contribution in [0, 0.1) is 10.7 Å². The molecule has 0 saturated heterocycles. The molecule has 0 radical (unpaired) electrons. The van der Waals surface area contributed by atoms with Gasteiger partial charge in [-0.05, 0) is 85.5 Å². The van der Waals surface area contributed by atoms with Gasteiger partial charge in [0.2, 0.25) is 11.8 Å². The third-order valence-corrected chi connectivity index (χ3v) is 6.89. The molecule has 0 unspecified atom stereocenters. The van der Waals surface area contributed by atoms with Gasteiger partial charge < -0.3 is 20.1 Å². The van der Waals surface area contributed by atoms with Gasteiger partial charge in [-0.1, -0.05) is 12.1 Å². The Morgan fingerprint density at radius 3 is 1.76 bits per heavy atom. The molecule has 10 heteroatoms. The van der Waals surface area contributed by atoms with Gasteiger partial charge in [-0.15, -0.1) is 0 Å². The van der Waals surface area contributed by atoms with Gasteiger partial charge >= 0.3 is 5.97 Å². The number of methoxy groups -OCH3 is 1. The van der Waals surface area contributed by atoms with Crippen LogP contribution in [0.15, 0.2) is 24.3 Å². The van der Waals surface area contributed by atoms with E-state index in [0.29, 0.717) is 27.8 Å². The van der Waals surface area contributed by atoms with Gasteiger partial charge in [0.05, 0.1) is 34.8 Å². The molecule has 0 heterocycles. The summed E-state index contributed by atoms with van der Waals surface area (Å²) in [6.45, 7) is 2.83. The van der Waals surface area contributed by atoms with Gasteiger partial charge in [0, 0.05) is 13.8 Å². The Balaban J connectivity index is 2.41. The lowest BCUT2D eigenvalue weighted by molar-refractivity contribution is -0.115. The number of carbonyl (C=O) groups is 3. The minimum Gasteiger partial charge on any atom is -0.497 e. The molecule has 154 valence electrons. The molecule has 2 aromatic rings. The number of halogens is 3. The highest BCUT2D eigenvalue weighted by molar-refractivity contribution is 14.1. The van der Waals surface area contributed by atoms with Gasteiger partial charge in [-0.25, -0.2) is 4.79 Å². The van der Waals surface area contributed by atoms with Crippen LogP contribution >= 0.6 is 67.8 Å². The van der Waals surface area contributed by atoms with Crippen molar-refractivity contribution in [1.29, 1.82) is 0 Å². The molecule has 0 aliphatic heterocycles. The van der Waals surface area contributed by atoms with Gasteiger partial charge in [0.1, 0.15) is 12.4 Å². The first-order chi connectivity index (χ1) is 13.6. The van der Waals surface area contributed by atoms with E-state index in [1.54, 1.807) is 31.4 Å². The highest BCUT2D eigenvalue weighted by Crippen LogP contribution is 2.39. The number of carbonyl (C=O) groups excluding carboxylic acids is 3. The molecule has 0 fully saturated rings. The number of nitrogens with one attached hydrogen (secondary N) is 2. The van der Waals surface area contributed by atoms with Crippen LogP contribution in [-0.4, -0.2) is 24.9 Å². The van der Waals surface area contributed by atoms with Crippen molar-refractivity contribution < 1.29 is 23.9 Å². The lowest BCUT2D eigenvalue weighted by Gasteiger charge is -2.19. The first kappa shape index (κ1) is 24.1. The zero-order chi connectivity index (χ0) is 21.7. The average Bonchev–Trinajstić information content (AvgIpc) is 2.67. The molecule has 0 aromatic heterocycles. The lowest BCUT2D eigenvalue weighted by atomic mass is 10.1. The number of ether oxygens (including phenoxy) is 2. The Hall–Kier alpha value is -1.16. The minimum absolute atomic E-state index is 0.0753. The normalized spacial score (nSPS) is 10.3. The standard InChI is InChI=1S/C19H17I3N2O5/c1-9(25)23-17-14(20)13(15(21)18(16(17)22)24-10(2)26)19(27)29-8-11-4-6-12(28-3)7-5-11/h4-7H,8H2,1-3H3,(H,23,25)(H,24,26). The number of rotatable bonds is 6. The lowest BCUT2D eigenvalue weighted by Crippen LogP contribution is -2.19. The zero-order valence-corrected chi connectivity index (χ0v) is 22.2. The Bertz CT molecular complexity index is 918. The molecule has 29 heavy (non-hydrogen) atoms. The first-order valence-electron chi connectivity index (χ1n) is 8.21. The number of hydrogen-bond donors (Lipinski definition) is 2. The summed E-state index contributed by atoms with van der Waals surface area (Å²) < 4.78 is 12.3. The molecule has 2 amide bonds. The third kappa shape index (κ3) is 6.16. The fourth-order valence-electron chi connectivity index (χ4n) is 2.36. The van der Waals surface area contributed by atoms with Crippen LogP contribution in [0.1, 0.15) is 29.8 Å². The van der Waals surface area contributed by atoms with E-state index in [1.807, 2.05) is 67.8 Å². The van der Waals surface area contributed by atoms with Crippen LogP contribution in [0.5, 0.6) is 5.75 Å². The summed E-state index contributed by atoms with van der Waals surface area (Å²) in [5, 5.41) is 5.47. The maximum Gasteiger partial charge on any atom is 0.340 e. The first-order valence-corrected chi connectivity index (χ1v) is 11.4. The number of esters is 1. The molecular weight excluding hydrogens is 717 g/mol. The fourth-order valence-corrected chi connectivity index (χ4v) is 6.50. The third-order valence-electron chi connectivity index (χ3n) is 3.65. The summed E-state index contributed by atoms with van der Waals surface area (Å²) in [7, 11) is 1.58. The van der Waals surface area contributed by atoms with E-state index in [9.17, 15) is 14.4 Å². The molecule has 0 bridgehead atoms. The van der Waals surface area contributed by atoms with Crippen molar-refractivity contribution in [2.75, 3.05) is 17.7 Å². The smallest absolute Gasteiger partial charge is 0.340 e. The van der Waals surface area contributed by atoms with Crippen LogP contribution in [0.25, 0.3) is 0 Å². The van der Waals surface area contributed by atoms with E-state index in [1.165, 1.54) is 13.8 Å². The topological polar surface area (TPSA) is 93.7 Å². The number of benzene rings is 2. The Kier molecular flexibility index (Phi) is 8.93. The fraction of sp³-hybridized carbons (Fsp3) is 0.211. The van der Waals surface area contributed by atoms with Crippen molar-refractivity contribution in [2.24, 2.45) is 0 Å². The second-order valence-corrected chi connectivity index (χ2v) is 9.09. The van der Waals surface area contributed by atoms with Crippen LogP contribution in [0.4, 0.5) is 11.4 Å². The quantitative estimate of drug-likeness (QED) is 0.330. The van der Waals surface area contributed by atoms with Gasteiger partial charge in [-0.2, -0.15) is 0 Å². The summed E-state index contributed by atoms with van der Waals surface area (Å²) in [6.07, 6.45) is 0. The molecule has 0 spiro atoms. The molecular formula is C19H17I3N2O5. The molecule has 0 saturated carbocycles. The summed E-state index contributed by atoms with van der Waals surface area (Å²) >= 11 is 6.03. The van der Waals surface area contributed by atoms with Crippen LogP contribution in [-0.2, 0) is 20.9 Å². The predicted octanol–water partition coefficient (Wildman–Crippen LogP) is 4.78. The molecule has 7 nitrogen and oxygen atoms in total. The second kappa shape index (κ2) is 10.7. The Morgan fingerprint density at radius 2 is 1.34 bits per heavy atom. The SMILES string of the molecule is COc1ccc(COC(=O)c2c(I)c(NC(C)=O)c(I)c(NC(C)=O)c2I)cc1. The molecule has 0 aliphatic rings. The average molecular weight is 734 g/mol. The highest BCUT2D eigenvalue weighted by Gasteiger charge is 2.26. The van der Waals surface area contributed by atoms with Crippen molar-refractivity contribution in [1.82, 2.24) is 0 Å². The molecule has 2 aromatic carbocycles. The number of amides is 2. The Morgan fingerprint density at radius 1 is 0.862 bits per heavy atom. The maximum absolute atomic E-state index is 12.9. The van der Waals surface area contributed by atoms with Gasteiger partial charge in [0.15, 0.2) is 0 Å². The number of anilines is 2. The molecule has 2 rings (SSSR count). The van der Waals surface area contributed by atoms with Crippen LogP contribution in [0.3, 0.4) is 0 Å². The maximum atomic E-state index is 12.9. The van der Waals surface area contributed by atoms with Crippen molar-refractivity contribution >= 4 is 96.9 Å². The largest absolute Gasteiger partial charge is 0.497 e. The zero-order valence-electron chi connectivity index (χ0n) is 15.7. The van der Waals surface area contributed by atoms with Crippen LogP contribution < -0.4 is 15.4 Å². The second-order valence-electron chi connectivity index (χ2n) is 5.85. The minimum atomic E-state index is -0.552. The Labute approximate surface area is 209 Å². The van der Waals surface area contributed by atoms with Crippen molar-refractivity contribution in [2.45, 2.75) is 20.5 Å². The van der Waals surface area contributed by atoms with Crippen molar-refractivity contribution in [3.05, 3.63) is 46.1 Å².